The van der Waals surface area contributed by atoms with Gasteiger partial charge in [-0.1, -0.05) is 23.3 Å². The van der Waals surface area contributed by atoms with Gasteiger partial charge < -0.3 is 9.30 Å². The van der Waals surface area contributed by atoms with E-state index in [1.165, 1.54) is 42.7 Å². The van der Waals surface area contributed by atoms with Crippen molar-refractivity contribution in [2.24, 2.45) is 4.99 Å². The molecule has 0 saturated carbocycles. The van der Waals surface area contributed by atoms with Crippen LogP contribution in [0.1, 0.15) is 11.1 Å². The van der Waals surface area contributed by atoms with Crippen LogP contribution < -0.4 is 9.54 Å². The number of fused-ring (bicyclic) bond motifs is 1. The number of aryl methyl sites for hydroxylation is 2. The Hall–Kier alpha value is -2.89. The topological polar surface area (TPSA) is 77.7 Å². The summed E-state index contributed by atoms with van der Waals surface area (Å²) in [5, 5.41) is 0. The largest absolute Gasteiger partial charge is 0.497 e. The molecule has 1 amide bonds. The Labute approximate surface area is 173 Å². The van der Waals surface area contributed by atoms with Gasteiger partial charge in [0, 0.05) is 0 Å². The van der Waals surface area contributed by atoms with Crippen molar-refractivity contribution in [3.8, 4) is 18.1 Å². The minimum Gasteiger partial charge on any atom is -0.497 e. The molecule has 0 unspecified atom stereocenters. The number of carbonyl (C=O) groups is 1. The van der Waals surface area contributed by atoms with Crippen molar-refractivity contribution >= 4 is 37.3 Å². The van der Waals surface area contributed by atoms with Crippen LogP contribution in [0.25, 0.3) is 10.2 Å². The van der Waals surface area contributed by atoms with Crippen molar-refractivity contribution in [2.75, 3.05) is 12.9 Å². The number of sulfone groups is 1. The minimum atomic E-state index is -3.82. The summed E-state index contributed by atoms with van der Waals surface area (Å²) in [6.45, 7) is 4.19. The van der Waals surface area contributed by atoms with E-state index < -0.39 is 21.5 Å². The van der Waals surface area contributed by atoms with Crippen LogP contribution >= 0.6 is 11.3 Å². The summed E-state index contributed by atoms with van der Waals surface area (Å²) in [4.78, 5) is 17.0. The van der Waals surface area contributed by atoms with Gasteiger partial charge in [0.05, 0.1) is 28.8 Å². The molecule has 0 N–H and O–H groups in total. The number of nitrogens with zero attached hydrogens (tertiary/aromatic N) is 2. The van der Waals surface area contributed by atoms with Crippen LogP contribution in [0, 0.1) is 26.2 Å². The van der Waals surface area contributed by atoms with Gasteiger partial charge in [0.2, 0.25) is 0 Å². The first kappa shape index (κ1) is 20.8. The highest BCUT2D eigenvalue weighted by molar-refractivity contribution is 7.92. The molecule has 6 nitrogen and oxygen atoms in total. The first-order valence-electron chi connectivity index (χ1n) is 8.73. The molecule has 0 aliphatic rings. The van der Waals surface area contributed by atoms with Crippen LogP contribution in [0.3, 0.4) is 0 Å². The van der Waals surface area contributed by atoms with Crippen molar-refractivity contribution in [1.29, 1.82) is 0 Å². The van der Waals surface area contributed by atoms with Gasteiger partial charge in [-0.15, -0.1) is 6.42 Å². The first-order valence-corrected chi connectivity index (χ1v) is 11.2. The van der Waals surface area contributed by atoms with E-state index in [4.69, 9.17) is 11.2 Å². The van der Waals surface area contributed by atoms with E-state index in [2.05, 4.69) is 10.9 Å². The molecule has 0 radical (unpaired) electrons. The number of benzene rings is 2. The van der Waals surface area contributed by atoms with Crippen LogP contribution in [0.5, 0.6) is 5.75 Å². The third-order valence-electron chi connectivity index (χ3n) is 4.32. The van der Waals surface area contributed by atoms with Gasteiger partial charge in [-0.2, -0.15) is 4.99 Å². The Morgan fingerprint density at radius 2 is 1.93 bits per heavy atom. The lowest BCUT2D eigenvalue weighted by molar-refractivity contribution is -0.115. The molecule has 2 aromatic carbocycles. The Kier molecular flexibility index (Phi) is 5.91. The Morgan fingerprint density at radius 3 is 2.55 bits per heavy atom. The fraction of sp³-hybridized carbons (Fsp3) is 0.238. The zero-order chi connectivity index (χ0) is 21.2. The van der Waals surface area contributed by atoms with E-state index in [0.717, 1.165) is 21.3 Å². The van der Waals surface area contributed by atoms with Gasteiger partial charge in [0.25, 0.3) is 5.91 Å². The Bertz CT molecular complexity index is 1290. The number of ether oxygens (including phenoxy) is 1. The average Bonchev–Trinajstić information content (AvgIpc) is 2.99. The molecule has 0 bridgehead atoms. The summed E-state index contributed by atoms with van der Waals surface area (Å²) in [6, 6.07) is 9.91. The molecule has 29 heavy (non-hydrogen) atoms. The lowest BCUT2D eigenvalue weighted by atomic mass is 10.1. The molecular formula is C21H20N2O4S2. The molecule has 1 heterocycles. The maximum atomic E-state index is 12.6. The standard InChI is InChI=1S/C21H20N2O4S2/c1-5-10-23-18-12-14(2)11-15(3)20(18)28-21(23)22-19(24)13-29(25,26)17-8-6-16(27-4)7-9-17/h1,6-9,11-12H,10,13H2,2-4H3. The van der Waals surface area contributed by atoms with Crippen LogP contribution in [-0.2, 0) is 21.2 Å². The summed E-state index contributed by atoms with van der Waals surface area (Å²) >= 11 is 1.32. The molecule has 0 aliphatic carbocycles. The third kappa shape index (κ3) is 4.42. The van der Waals surface area contributed by atoms with Crippen molar-refractivity contribution in [1.82, 2.24) is 4.57 Å². The molecule has 0 saturated heterocycles. The van der Waals surface area contributed by atoms with Gasteiger partial charge >= 0.3 is 0 Å². The molecule has 150 valence electrons. The number of amides is 1. The number of carbonyl (C=O) groups excluding carboxylic acids is 1. The number of rotatable bonds is 5. The van der Waals surface area contributed by atoms with Gasteiger partial charge in [-0.3, -0.25) is 4.79 Å². The molecule has 0 fully saturated rings. The van der Waals surface area contributed by atoms with E-state index in [-0.39, 0.29) is 11.4 Å². The van der Waals surface area contributed by atoms with Gasteiger partial charge in [-0.25, -0.2) is 8.42 Å². The van der Waals surface area contributed by atoms with Gasteiger partial charge in [-0.05, 0) is 55.3 Å². The third-order valence-corrected chi connectivity index (χ3v) is 7.16. The van der Waals surface area contributed by atoms with E-state index in [9.17, 15) is 13.2 Å². The van der Waals surface area contributed by atoms with Gasteiger partial charge in [0.1, 0.15) is 11.5 Å². The zero-order valence-corrected chi connectivity index (χ0v) is 17.9. The maximum absolute atomic E-state index is 12.6. The van der Waals surface area contributed by atoms with Crippen molar-refractivity contribution < 1.29 is 17.9 Å². The number of aromatic nitrogens is 1. The average molecular weight is 429 g/mol. The molecule has 0 aliphatic heterocycles. The second-order valence-electron chi connectivity index (χ2n) is 6.55. The zero-order valence-electron chi connectivity index (χ0n) is 16.3. The quantitative estimate of drug-likeness (QED) is 0.586. The van der Waals surface area contributed by atoms with Crippen LogP contribution in [0.4, 0.5) is 0 Å². The highest BCUT2D eigenvalue weighted by atomic mass is 32.2. The molecule has 0 atom stereocenters. The maximum Gasteiger partial charge on any atom is 0.263 e. The van der Waals surface area contributed by atoms with Crippen molar-refractivity contribution in [3.63, 3.8) is 0 Å². The monoisotopic (exact) mass is 428 g/mol. The SMILES string of the molecule is C#CCn1c(=NC(=O)CS(=O)(=O)c2ccc(OC)cc2)sc2c(C)cc(C)cc21. The Morgan fingerprint density at radius 1 is 1.24 bits per heavy atom. The predicted octanol–water partition coefficient (Wildman–Crippen LogP) is 2.86. The number of terminal acetylenes is 1. The van der Waals surface area contributed by atoms with Crippen LogP contribution in [0.15, 0.2) is 46.3 Å². The molecule has 3 rings (SSSR count). The normalized spacial score (nSPS) is 12.1. The molecule has 1 aromatic heterocycles. The van der Waals surface area contributed by atoms with E-state index in [0.29, 0.717) is 10.6 Å². The highest BCUT2D eigenvalue weighted by Gasteiger charge is 2.20. The Balaban J connectivity index is 2.00. The molecular weight excluding hydrogens is 408 g/mol. The lowest BCUT2D eigenvalue weighted by Crippen LogP contribution is -2.20. The summed E-state index contributed by atoms with van der Waals surface area (Å²) in [6.07, 6.45) is 5.49. The van der Waals surface area contributed by atoms with Gasteiger partial charge in [0.15, 0.2) is 14.6 Å². The molecule has 0 spiro atoms. The van der Waals surface area contributed by atoms with Crippen LogP contribution in [0.2, 0.25) is 0 Å². The fourth-order valence-electron chi connectivity index (χ4n) is 3.01. The molecule has 3 aromatic rings. The number of thiazole rings is 1. The highest BCUT2D eigenvalue weighted by Crippen LogP contribution is 2.23. The van der Waals surface area contributed by atoms with E-state index in [1.807, 2.05) is 26.0 Å². The number of methoxy groups -OCH3 is 1. The van der Waals surface area contributed by atoms with Crippen molar-refractivity contribution in [3.05, 3.63) is 52.3 Å². The fourth-order valence-corrected chi connectivity index (χ4v) is 5.21. The van der Waals surface area contributed by atoms with Crippen molar-refractivity contribution in [2.45, 2.75) is 25.3 Å². The lowest BCUT2D eigenvalue weighted by Gasteiger charge is -2.04. The molecule has 8 heteroatoms. The second-order valence-corrected chi connectivity index (χ2v) is 9.51. The summed E-state index contributed by atoms with van der Waals surface area (Å²) in [5.74, 6) is 1.64. The van der Waals surface area contributed by atoms with E-state index in [1.54, 1.807) is 4.57 Å². The first-order chi connectivity index (χ1) is 13.7. The summed E-state index contributed by atoms with van der Waals surface area (Å²) in [7, 11) is -2.33. The second kappa shape index (κ2) is 8.23. The smallest absolute Gasteiger partial charge is 0.263 e. The van der Waals surface area contributed by atoms with Crippen LogP contribution in [-0.4, -0.2) is 31.8 Å². The number of hydrogen-bond donors (Lipinski definition) is 0. The number of hydrogen-bond acceptors (Lipinski definition) is 5. The predicted molar refractivity (Wildman–Crippen MR) is 114 cm³/mol. The summed E-state index contributed by atoms with van der Waals surface area (Å²) in [5.41, 5.74) is 3.00. The minimum absolute atomic E-state index is 0.0427. The van der Waals surface area contributed by atoms with E-state index >= 15 is 0 Å². The summed E-state index contributed by atoms with van der Waals surface area (Å²) < 4.78 is 32.9.